The third-order valence-electron chi connectivity index (χ3n) is 6.25. The van der Waals surface area contributed by atoms with Gasteiger partial charge in [0.05, 0.1) is 22.7 Å². The van der Waals surface area contributed by atoms with Crippen molar-refractivity contribution in [1.29, 1.82) is 0 Å². The van der Waals surface area contributed by atoms with Crippen molar-refractivity contribution in [2.45, 2.75) is 49.7 Å². The second-order valence-corrected chi connectivity index (χ2v) is 10.3. The molecule has 4 rings (SSSR count). The van der Waals surface area contributed by atoms with Gasteiger partial charge in [0.15, 0.2) is 0 Å². The molecule has 1 saturated heterocycles. The molecule has 1 unspecified atom stereocenters. The summed E-state index contributed by atoms with van der Waals surface area (Å²) in [5.74, 6) is 0.489. The van der Waals surface area contributed by atoms with Crippen LogP contribution in [0.1, 0.15) is 44.2 Å². The average Bonchev–Trinajstić information content (AvgIpc) is 3.52. The van der Waals surface area contributed by atoms with Gasteiger partial charge in [0, 0.05) is 25.1 Å². The Labute approximate surface area is 184 Å². The van der Waals surface area contributed by atoms with Crippen LogP contribution < -0.4 is 5.32 Å². The van der Waals surface area contributed by atoms with Gasteiger partial charge in [0.1, 0.15) is 5.82 Å². The SMILES string of the molecule is CC(C1CC1)n1nccc1NC(=O)C1CCN(S(=O)(=O)c2ccccc2C(F)(F)F)CC1. The number of nitrogens with one attached hydrogen (secondary N) is 1. The second kappa shape index (κ2) is 8.51. The Morgan fingerprint density at radius 2 is 1.78 bits per heavy atom. The lowest BCUT2D eigenvalue weighted by atomic mass is 9.97. The van der Waals surface area contributed by atoms with E-state index in [1.54, 1.807) is 16.9 Å². The number of alkyl halides is 3. The maximum absolute atomic E-state index is 13.3. The first kappa shape index (κ1) is 22.8. The van der Waals surface area contributed by atoms with Crippen molar-refractivity contribution in [3.05, 3.63) is 42.1 Å². The van der Waals surface area contributed by atoms with Gasteiger partial charge < -0.3 is 5.32 Å². The van der Waals surface area contributed by atoms with E-state index in [1.807, 2.05) is 0 Å². The van der Waals surface area contributed by atoms with Crippen molar-refractivity contribution >= 4 is 21.7 Å². The number of amides is 1. The number of rotatable bonds is 6. The molecule has 0 spiro atoms. The number of nitrogens with zero attached hydrogens (tertiary/aromatic N) is 3. The predicted octanol–water partition coefficient (Wildman–Crippen LogP) is 3.91. The molecule has 2 aliphatic rings. The topological polar surface area (TPSA) is 84.3 Å². The van der Waals surface area contributed by atoms with E-state index in [1.165, 1.54) is 6.07 Å². The van der Waals surface area contributed by atoms with E-state index >= 15 is 0 Å². The number of carbonyl (C=O) groups is 1. The molecule has 2 fully saturated rings. The standard InChI is InChI=1S/C21H25F3N4O3S/c1-14(15-6-7-15)28-19(8-11-25-28)26-20(29)16-9-12-27(13-10-16)32(30,31)18-5-3-2-4-17(18)21(22,23)24/h2-5,8,11,14-16H,6-7,9-10,12-13H2,1H3,(H,26,29). The Hall–Kier alpha value is -2.40. The fourth-order valence-electron chi connectivity index (χ4n) is 4.17. The fourth-order valence-corrected chi connectivity index (χ4v) is 5.85. The number of aromatic nitrogens is 2. The van der Waals surface area contributed by atoms with E-state index in [9.17, 15) is 26.4 Å². The summed E-state index contributed by atoms with van der Waals surface area (Å²) in [4.78, 5) is 12.0. The minimum absolute atomic E-state index is 0.0235. The quantitative estimate of drug-likeness (QED) is 0.694. The maximum atomic E-state index is 13.3. The summed E-state index contributed by atoms with van der Waals surface area (Å²) in [7, 11) is -4.33. The molecule has 0 radical (unpaired) electrons. The van der Waals surface area contributed by atoms with Crippen LogP contribution in [0.2, 0.25) is 0 Å². The molecule has 2 aromatic rings. The molecule has 0 bridgehead atoms. The summed E-state index contributed by atoms with van der Waals surface area (Å²) < 4.78 is 68.5. The van der Waals surface area contributed by atoms with Crippen LogP contribution in [0.3, 0.4) is 0 Å². The van der Waals surface area contributed by atoms with Gasteiger partial charge in [-0.3, -0.25) is 4.79 Å². The number of sulfonamides is 1. The molecule has 1 N–H and O–H groups in total. The Bertz CT molecular complexity index is 1090. The zero-order chi connectivity index (χ0) is 23.1. The van der Waals surface area contributed by atoms with Crippen molar-refractivity contribution in [1.82, 2.24) is 14.1 Å². The van der Waals surface area contributed by atoms with Crippen LogP contribution in [0.25, 0.3) is 0 Å². The molecule has 1 saturated carbocycles. The lowest BCUT2D eigenvalue weighted by molar-refractivity contribution is -0.139. The third kappa shape index (κ3) is 4.54. The summed E-state index contributed by atoms with van der Waals surface area (Å²) >= 11 is 0. The van der Waals surface area contributed by atoms with E-state index in [-0.39, 0.29) is 37.9 Å². The van der Waals surface area contributed by atoms with Crippen molar-refractivity contribution in [3.63, 3.8) is 0 Å². The minimum Gasteiger partial charge on any atom is -0.311 e. The molecule has 2 heterocycles. The number of anilines is 1. The van der Waals surface area contributed by atoms with E-state index in [4.69, 9.17) is 0 Å². The summed E-state index contributed by atoms with van der Waals surface area (Å²) in [5.41, 5.74) is -1.18. The summed E-state index contributed by atoms with van der Waals surface area (Å²) in [6.07, 6.45) is -0.418. The van der Waals surface area contributed by atoms with Gasteiger partial charge in [-0.05, 0) is 50.7 Å². The molecule has 174 valence electrons. The number of hydrogen-bond acceptors (Lipinski definition) is 4. The Kier molecular flexibility index (Phi) is 6.06. The van der Waals surface area contributed by atoms with Crippen LogP contribution >= 0.6 is 0 Å². The molecule has 1 atom stereocenters. The predicted molar refractivity (Wildman–Crippen MR) is 111 cm³/mol. The van der Waals surface area contributed by atoms with E-state index < -0.39 is 32.6 Å². The highest BCUT2D eigenvalue weighted by molar-refractivity contribution is 7.89. The van der Waals surface area contributed by atoms with E-state index in [0.717, 1.165) is 35.3 Å². The van der Waals surface area contributed by atoms with Crippen molar-refractivity contribution < 1.29 is 26.4 Å². The van der Waals surface area contributed by atoms with Gasteiger partial charge in [-0.1, -0.05) is 12.1 Å². The van der Waals surface area contributed by atoms with Gasteiger partial charge in [0.2, 0.25) is 15.9 Å². The number of carbonyl (C=O) groups excluding carboxylic acids is 1. The van der Waals surface area contributed by atoms with Gasteiger partial charge in [-0.25, -0.2) is 13.1 Å². The molecule has 1 aliphatic heterocycles. The van der Waals surface area contributed by atoms with Gasteiger partial charge in [-0.15, -0.1) is 0 Å². The molecule has 11 heteroatoms. The largest absolute Gasteiger partial charge is 0.417 e. The Morgan fingerprint density at radius 3 is 2.41 bits per heavy atom. The van der Waals surface area contributed by atoms with Crippen LogP contribution in [0, 0.1) is 11.8 Å². The molecule has 1 aliphatic carbocycles. The highest BCUT2D eigenvalue weighted by Gasteiger charge is 2.40. The number of benzene rings is 1. The lowest BCUT2D eigenvalue weighted by Gasteiger charge is -2.31. The van der Waals surface area contributed by atoms with E-state index in [2.05, 4.69) is 17.3 Å². The summed E-state index contributed by atoms with van der Waals surface area (Å²) in [5, 5.41) is 7.19. The zero-order valence-electron chi connectivity index (χ0n) is 17.5. The fraction of sp³-hybridized carbons (Fsp3) is 0.524. The number of piperidine rings is 1. The van der Waals surface area contributed by atoms with Crippen LogP contribution in [0.15, 0.2) is 41.4 Å². The molecular formula is C21H25F3N4O3S. The van der Waals surface area contributed by atoms with Gasteiger partial charge in [-0.2, -0.15) is 22.6 Å². The summed E-state index contributed by atoms with van der Waals surface area (Å²) in [6.45, 7) is 2.01. The Balaban J connectivity index is 1.41. The minimum atomic E-state index is -4.78. The Morgan fingerprint density at radius 1 is 1.12 bits per heavy atom. The highest BCUT2D eigenvalue weighted by atomic mass is 32.2. The van der Waals surface area contributed by atoms with Crippen LogP contribution in [-0.2, 0) is 21.0 Å². The third-order valence-corrected chi connectivity index (χ3v) is 8.20. The summed E-state index contributed by atoms with van der Waals surface area (Å²) in [6, 6.07) is 6.07. The first-order valence-electron chi connectivity index (χ1n) is 10.6. The van der Waals surface area contributed by atoms with Crippen LogP contribution in [0.4, 0.5) is 19.0 Å². The number of halogens is 3. The van der Waals surface area contributed by atoms with Crippen molar-refractivity contribution in [2.75, 3.05) is 18.4 Å². The first-order chi connectivity index (χ1) is 15.1. The smallest absolute Gasteiger partial charge is 0.311 e. The zero-order valence-corrected chi connectivity index (χ0v) is 18.4. The average molecular weight is 471 g/mol. The van der Waals surface area contributed by atoms with Crippen molar-refractivity contribution in [2.24, 2.45) is 11.8 Å². The molecule has 1 aromatic carbocycles. The van der Waals surface area contributed by atoms with E-state index in [0.29, 0.717) is 11.7 Å². The second-order valence-electron chi connectivity index (χ2n) is 8.40. The highest BCUT2D eigenvalue weighted by Crippen LogP contribution is 2.40. The monoisotopic (exact) mass is 470 g/mol. The van der Waals surface area contributed by atoms with Crippen molar-refractivity contribution in [3.8, 4) is 0 Å². The van der Waals surface area contributed by atoms with Crippen LogP contribution in [-0.4, -0.2) is 41.5 Å². The molecular weight excluding hydrogens is 445 g/mol. The van der Waals surface area contributed by atoms with Crippen LogP contribution in [0.5, 0.6) is 0 Å². The normalized spacial score (nSPS) is 19.6. The number of hydrogen-bond donors (Lipinski definition) is 1. The molecule has 1 aromatic heterocycles. The molecule has 32 heavy (non-hydrogen) atoms. The van der Waals surface area contributed by atoms with Gasteiger partial charge >= 0.3 is 6.18 Å². The maximum Gasteiger partial charge on any atom is 0.417 e. The van der Waals surface area contributed by atoms with Gasteiger partial charge in [0.25, 0.3) is 0 Å². The lowest BCUT2D eigenvalue weighted by Crippen LogP contribution is -2.42. The molecule has 1 amide bonds. The first-order valence-corrected chi connectivity index (χ1v) is 12.0. The molecule has 7 nitrogen and oxygen atoms in total.